The number of hydrogen-bond donors (Lipinski definition) is 2. The van der Waals surface area contributed by atoms with Crippen molar-refractivity contribution in [1.82, 2.24) is 15.6 Å². The Kier molecular flexibility index (Phi) is 6.98. The molecule has 1 heterocycles. The van der Waals surface area contributed by atoms with Crippen LogP contribution in [-0.4, -0.2) is 37.7 Å². The Morgan fingerprint density at radius 3 is 3.06 bits per heavy atom. The fourth-order valence-corrected chi connectivity index (χ4v) is 1.60. The van der Waals surface area contributed by atoms with Crippen molar-refractivity contribution < 1.29 is 9.53 Å². The number of methoxy groups -OCH3 is 1. The third-order valence-electron chi connectivity index (χ3n) is 2.57. The van der Waals surface area contributed by atoms with E-state index in [0.717, 1.165) is 12.1 Å². The van der Waals surface area contributed by atoms with Crippen molar-refractivity contribution in [2.75, 3.05) is 26.8 Å². The lowest BCUT2D eigenvalue weighted by atomic mass is 10.1. The zero-order valence-corrected chi connectivity index (χ0v) is 11.0. The number of amides is 1. The van der Waals surface area contributed by atoms with Crippen molar-refractivity contribution >= 4 is 5.91 Å². The molecule has 0 saturated heterocycles. The maximum atomic E-state index is 11.4. The van der Waals surface area contributed by atoms with Crippen LogP contribution in [0.15, 0.2) is 18.3 Å². The van der Waals surface area contributed by atoms with Gasteiger partial charge in [-0.15, -0.1) is 0 Å². The predicted octanol–water partition coefficient (Wildman–Crippen LogP) is 0.496. The van der Waals surface area contributed by atoms with E-state index in [4.69, 9.17) is 4.74 Å². The first-order chi connectivity index (χ1) is 8.77. The average molecular weight is 251 g/mol. The molecule has 1 aromatic rings. The zero-order chi connectivity index (χ0) is 13.2. The van der Waals surface area contributed by atoms with Crippen LogP contribution in [0.5, 0.6) is 0 Å². The summed E-state index contributed by atoms with van der Waals surface area (Å²) in [5, 5.41) is 5.84. The summed E-state index contributed by atoms with van der Waals surface area (Å²) in [6.45, 7) is 4.08. The fourth-order valence-electron chi connectivity index (χ4n) is 1.60. The Morgan fingerprint density at radius 1 is 1.50 bits per heavy atom. The average Bonchev–Trinajstić information content (AvgIpc) is 2.39. The molecule has 0 aliphatic heterocycles. The van der Waals surface area contributed by atoms with Crippen molar-refractivity contribution in [1.29, 1.82) is 0 Å². The van der Waals surface area contributed by atoms with E-state index in [1.165, 1.54) is 5.56 Å². The number of nitrogens with one attached hydrogen (secondary N) is 2. The van der Waals surface area contributed by atoms with Crippen molar-refractivity contribution in [2.24, 2.45) is 0 Å². The van der Waals surface area contributed by atoms with Gasteiger partial charge in [-0.25, -0.2) is 0 Å². The summed E-state index contributed by atoms with van der Waals surface area (Å²) < 4.78 is 4.85. The molecule has 0 radical (unpaired) electrons. The lowest BCUT2D eigenvalue weighted by Gasteiger charge is -2.08. The Hall–Kier alpha value is -1.46. The quantitative estimate of drug-likeness (QED) is 0.660. The van der Waals surface area contributed by atoms with Gasteiger partial charge in [0.25, 0.3) is 0 Å². The summed E-state index contributed by atoms with van der Waals surface area (Å²) in [4.78, 5) is 15.7. The first-order valence-electron chi connectivity index (χ1n) is 6.17. The topological polar surface area (TPSA) is 63.2 Å². The molecule has 0 aromatic carbocycles. The molecule has 0 bridgehead atoms. The zero-order valence-electron chi connectivity index (χ0n) is 11.0. The number of aryl methyl sites for hydroxylation is 1. The van der Waals surface area contributed by atoms with Crippen molar-refractivity contribution in [3.63, 3.8) is 0 Å². The van der Waals surface area contributed by atoms with Crippen LogP contribution >= 0.6 is 0 Å². The van der Waals surface area contributed by atoms with Gasteiger partial charge < -0.3 is 15.4 Å². The molecule has 0 atom stereocenters. The summed E-state index contributed by atoms with van der Waals surface area (Å²) in [7, 11) is 1.61. The molecule has 5 heteroatoms. The van der Waals surface area contributed by atoms with E-state index in [0.29, 0.717) is 26.2 Å². The molecule has 1 amide bonds. The summed E-state index contributed by atoms with van der Waals surface area (Å²) >= 11 is 0. The van der Waals surface area contributed by atoms with Crippen LogP contribution in [0.4, 0.5) is 0 Å². The Bertz CT molecular complexity index is 369. The van der Waals surface area contributed by atoms with E-state index in [-0.39, 0.29) is 5.91 Å². The summed E-state index contributed by atoms with van der Waals surface area (Å²) in [5.41, 5.74) is 2.22. The number of rotatable bonds is 8. The predicted molar refractivity (Wildman–Crippen MR) is 70.2 cm³/mol. The van der Waals surface area contributed by atoms with Crippen LogP contribution < -0.4 is 10.6 Å². The summed E-state index contributed by atoms with van der Waals surface area (Å²) in [5.74, 6) is -0.0268. The van der Waals surface area contributed by atoms with Crippen molar-refractivity contribution in [3.8, 4) is 0 Å². The smallest absolute Gasteiger partial charge is 0.234 e. The Balaban J connectivity index is 2.26. The molecular formula is C13H21N3O2. The van der Waals surface area contributed by atoms with E-state index in [2.05, 4.69) is 28.6 Å². The number of aromatic nitrogens is 1. The number of carbonyl (C=O) groups is 1. The van der Waals surface area contributed by atoms with Crippen LogP contribution in [0, 0.1) is 0 Å². The molecule has 0 aliphatic rings. The standard InChI is InChI=1S/C13H21N3O2/c1-3-11-5-4-6-15-12(11)9-14-10-13(17)16-7-8-18-2/h4-6,14H,3,7-10H2,1-2H3,(H,16,17). The second-order valence-electron chi connectivity index (χ2n) is 3.91. The van der Waals surface area contributed by atoms with E-state index >= 15 is 0 Å². The molecule has 1 aromatic heterocycles. The third-order valence-corrected chi connectivity index (χ3v) is 2.57. The monoisotopic (exact) mass is 251 g/mol. The number of pyridine rings is 1. The minimum Gasteiger partial charge on any atom is -0.383 e. The Labute approximate surface area is 108 Å². The second-order valence-corrected chi connectivity index (χ2v) is 3.91. The minimum absolute atomic E-state index is 0.0268. The van der Waals surface area contributed by atoms with Gasteiger partial charge in [-0.3, -0.25) is 9.78 Å². The van der Waals surface area contributed by atoms with Crippen LogP contribution in [-0.2, 0) is 22.5 Å². The lowest BCUT2D eigenvalue weighted by molar-refractivity contribution is -0.120. The molecule has 0 saturated carbocycles. The number of hydrogen-bond acceptors (Lipinski definition) is 4. The van der Waals surface area contributed by atoms with Gasteiger partial charge in [-0.05, 0) is 18.1 Å². The van der Waals surface area contributed by atoms with Crippen LogP contribution in [0.3, 0.4) is 0 Å². The van der Waals surface area contributed by atoms with Crippen LogP contribution in [0.25, 0.3) is 0 Å². The molecule has 2 N–H and O–H groups in total. The van der Waals surface area contributed by atoms with Gasteiger partial charge in [0.15, 0.2) is 0 Å². The third kappa shape index (κ3) is 5.25. The Morgan fingerprint density at radius 2 is 2.33 bits per heavy atom. The molecule has 0 fully saturated rings. The maximum Gasteiger partial charge on any atom is 0.234 e. The highest BCUT2D eigenvalue weighted by Gasteiger charge is 2.03. The maximum absolute atomic E-state index is 11.4. The lowest BCUT2D eigenvalue weighted by Crippen LogP contribution is -2.35. The SMILES string of the molecule is CCc1cccnc1CNCC(=O)NCCOC. The summed E-state index contributed by atoms with van der Waals surface area (Å²) in [6, 6.07) is 3.99. The number of carbonyl (C=O) groups excluding carboxylic acids is 1. The highest BCUT2D eigenvalue weighted by molar-refractivity contribution is 5.77. The molecule has 18 heavy (non-hydrogen) atoms. The van der Waals surface area contributed by atoms with Crippen molar-refractivity contribution in [3.05, 3.63) is 29.6 Å². The van der Waals surface area contributed by atoms with E-state index in [1.807, 2.05) is 6.07 Å². The molecule has 100 valence electrons. The molecular weight excluding hydrogens is 230 g/mol. The highest BCUT2D eigenvalue weighted by atomic mass is 16.5. The molecule has 5 nitrogen and oxygen atoms in total. The highest BCUT2D eigenvalue weighted by Crippen LogP contribution is 2.05. The normalized spacial score (nSPS) is 10.3. The summed E-state index contributed by atoms with van der Waals surface area (Å²) in [6.07, 6.45) is 2.72. The van der Waals surface area contributed by atoms with E-state index < -0.39 is 0 Å². The van der Waals surface area contributed by atoms with Gasteiger partial charge in [0.05, 0.1) is 18.8 Å². The van der Waals surface area contributed by atoms with Gasteiger partial charge in [0.1, 0.15) is 0 Å². The van der Waals surface area contributed by atoms with Gasteiger partial charge in [0, 0.05) is 26.4 Å². The fraction of sp³-hybridized carbons (Fsp3) is 0.538. The van der Waals surface area contributed by atoms with E-state index in [1.54, 1.807) is 13.3 Å². The molecule has 0 aliphatic carbocycles. The first kappa shape index (κ1) is 14.6. The number of ether oxygens (including phenoxy) is 1. The minimum atomic E-state index is -0.0268. The largest absolute Gasteiger partial charge is 0.383 e. The van der Waals surface area contributed by atoms with Crippen LogP contribution in [0.2, 0.25) is 0 Å². The van der Waals surface area contributed by atoms with Gasteiger partial charge in [-0.1, -0.05) is 13.0 Å². The molecule has 0 spiro atoms. The van der Waals surface area contributed by atoms with Gasteiger partial charge in [-0.2, -0.15) is 0 Å². The number of nitrogens with zero attached hydrogens (tertiary/aromatic N) is 1. The van der Waals surface area contributed by atoms with E-state index in [9.17, 15) is 4.79 Å². The van der Waals surface area contributed by atoms with Gasteiger partial charge in [0.2, 0.25) is 5.91 Å². The van der Waals surface area contributed by atoms with Crippen molar-refractivity contribution in [2.45, 2.75) is 19.9 Å². The molecule has 1 rings (SSSR count). The molecule has 0 unspecified atom stereocenters. The van der Waals surface area contributed by atoms with Gasteiger partial charge >= 0.3 is 0 Å². The first-order valence-corrected chi connectivity index (χ1v) is 6.17. The van der Waals surface area contributed by atoms with Crippen LogP contribution in [0.1, 0.15) is 18.2 Å². The second kappa shape index (κ2) is 8.60.